The molecule has 0 saturated carbocycles. The van der Waals surface area contributed by atoms with E-state index in [0.717, 1.165) is 18.7 Å². The number of fused-ring (bicyclic) bond motifs is 1. The Bertz CT molecular complexity index is 1510. The van der Waals surface area contributed by atoms with Crippen LogP contribution in [0.2, 0.25) is 0 Å². The summed E-state index contributed by atoms with van der Waals surface area (Å²) in [6.07, 6.45) is 3.10. The number of rotatable bonds is 7. The van der Waals surface area contributed by atoms with E-state index in [1.54, 1.807) is 45.5 Å². The third-order valence-electron chi connectivity index (χ3n) is 6.46. The van der Waals surface area contributed by atoms with Crippen molar-refractivity contribution >= 4 is 26.8 Å². The van der Waals surface area contributed by atoms with Gasteiger partial charge in [0, 0.05) is 38.9 Å². The van der Waals surface area contributed by atoms with Gasteiger partial charge in [0.25, 0.3) is 5.91 Å². The number of nitrogens with zero attached hydrogens (tertiary/aromatic N) is 5. The predicted molar refractivity (Wildman–Crippen MR) is 138 cm³/mol. The van der Waals surface area contributed by atoms with Crippen LogP contribution >= 0.6 is 0 Å². The Morgan fingerprint density at radius 2 is 1.65 bits per heavy atom. The molecule has 1 fully saturated rings. The van der Waals surface area contributed by atoms with Gasteiger partial charge in [-0.15, -0.1) is 0 Å². The molecule has 1 amide bonds. The van der Waals surface area contributed by atoms with Crippen molar-refractivity contribution < 1.29 is 17.6 Å². The number of piperazine rings is 1. The second-order valence-electron chi connectivity index (χ2n) is 9.08. The molecule has 37 heavy (non-hydrogen) atoms. The number of benzene rings is 2. The highest BCUT2D eigenvalue weighted by Gasteiger charge is 2.25. The predicted octanol–water partition coefficient (Wildman–Crippen LogP) is 2.57. The first-order chi connectivity index (χ1) is 17.8. The molecule has 3 heterocycles. The summed E-state index contributed by atoms with van der Waals surface area (Å²) in [5.74, 6) is -0.745. The van der Waals surface area contributed by atoms with Gasteiger partial charge >= 0.3 is 0 Å². The molecule has 0 radical (unpaired) electrons. The first kappa shape index (κ1) is 25.0. The van der Waals surface area contributed by atoms with Crippen LogP contribution < -0.4 is 5.32 Å². The highest BCUT2D eigenvalue weighted by Crippen LogP contribution is 2.21. The van der Waals surface area contributed by atoms with E-state index in [2.05, 4.69) is 20.3 Å². The van der Waals surface area contributed by atoms with Crippen LogP contribution in [-0.2, 0) is 22.3 Å². The Morgan fingerprint density at radius 1 is 0.973 bits per heavy atom. The zero-order chi connectivity index (χ0) is 26.0. The molecule has 1 aliphatic rings. The van der Waals surface area contributed by atoms with Gasteiger partial charge in [0.05, 0.1) is 28.5 Å². The lowest BCUT2D eigenvalue weighted by molar-refractivity contribution is 0.0947. The summed E-state index contributed by atoms with van der Waals surface area (Å²) in [5, 5.41) is 7.80. The van der Waals surface area contributed by atoms with Gasteiger partial charge in [0.15, 0.2) is 0 Å². The zero-order valence-electron chi connectivity index (χ0n) is 20.3. The molecule has 4 aromatic rings. The standard InChI is InChI=1S/C26H27FN6O3S/c1-31-12-14-32(15-13-31)37(35,36)18-20-4-2-19(3-5-20)16-29-26(34)25-23-17-30-33(24(23)10-11-28-25)22-8-6-21(27)7-9-22/h2-11,17H,12-16,18H2,1H3,(H,29,34). The number of aromatic nitrogens is 3. The summed E-state index contributed by atoms with van der Waals surface area (Å²) < 4.78 is 42.0. The Kier molecular flexibility index (Phi) is 7.00. The molecule has 0 unspecified atom stereocenters. The van der Waals surface area contributed by atoms with E-state index in [4.69, 9.17) is 0 Å². The van der Waals surface area contributed by atoms with Crippen LogP contribution in [-0.4, -0.2) is 71.5 Å². The number of hydrogen-bond donors (Lipinski definition) is 1. The zero-order valence-corrected chi connectivity index (χ0v) is 21.2. The number of likely N-dealkylation sites (N-methyl/N-ethyl adjacent to an activating group) is 1. The fraction of sp³-hybridized carbons (Fsp3) is 0.269. The number of carbonyl (C=O) groups is 1. The second kappa shape index (κ2) is 10.4. The fourth-order valence-electron chi connectivity index (χ4n) is 4.31. The van der Waals surface area contributed by atoms with E-state index in [1.807, 2.05) is 19.2 Å². The fourth-order valence-corrected chi connectivity index (χ4v) is 5.83. The minimum absolute atomic E-state index is 0.0483. The van der Waals surface area contributed by atoms with E-state index in [9.17, 15) is 17.6 Å². The van der Waals surface area contributed by atoms with E-state index < -0.39 is 10.0 Å². The van der Waals surface area contributed by atoms with E-state index in [0.29, 0.717) is 35.2 Å². The minimum atomic E-state index is -3.37. The van der Waals surface area contributed by atoms with Crippen LogP contribution in [0.3, 0.4) is 0 Å². The molecule has 1 aliphatic heterocycles. The number of hydrogen-bond acceptors (Lipinski definition) is 6. The smallest absolute Gasteiger partial charge is 0.270 e. The Balaban J connectivity index is 1.24. The number of pyridine rings is 1. The Hall–Kier alpha value is -3.67. The number of carbonyl (C=O) groups excluding carboxylic acids is 1. The summed E-state index contributed by atoms with van der Waals surface area (Å²) >= 11 is 0. The van der Waals surface area contributed by atoms with Gasteiger partial charge in [-0.25, -0.2) is 17.5 Å². The van der Waals surface area contributed by atoms with Crippen molar-refractivity contribution in [2.24, 2.45) is 0 Å². The van der Waals surface area contributed by atoms with Crippen molar-refractivity contribution in [1.29, 1.82) is 0 Å². The lowest BCUT2D eigenvalue weighted by Crippen LogP contribution is -2.47. The van der Waals surface area contributed by atoms with Gasteiger partial charge < -0.3 is 10.2 Å². The number of amides is 1. The normalized spacial score (nSPS) is 15.2. The van der Waals surface area contributed by atoms with E-state index in [-0.39, 0.29) is 29.7 Å². The summed E-state index contributed by atoms with van der Waals surface area (Å²) in [6, 6.07) is 14.9. The molecule has 0 atom stereocenters. The third kappa shape index (κ3) is 5.53. The molecule has 192 valence electrons. The number of nitrogens with one attached hydrogen (secondary N) is 1. The van der Waals surface area contributed by atoms with Crippen molar-refractivity contribution in [2.75, 3.05) is 33.2 Å². The van der Waals surface area contributed by atoms with Gasteiger partial charge in [0.1, 0.15) is 11.5 Å². The number of sulfonamides is 1. The largest absolute Gasteiger partial charge is 0.347 e. The molecule has 0 spiro atoms. The van der Waals surface area contributed by atoms with Crippen LogP contribution in [0.15, 0.2) is 67.0 Å². The van der Waals surface area contributed by atoms with Crippen LogP contribution in [0, 0.1) is 5.82 Å². The lowest BCUT2D eigenvalue weighted by atomic mass is 10.1. The maximum absolute atomic E-state index is 13.3. The maximum atomic E-state index is 13.3. The highest BCUT2D eigenvalue weighted by molar-refractivity contribution is 7.88. The average molecular weight is 523 g/mol. The average Bonchev–Trinajstić information content (AvgIpc) is 3.33. The highest BCUT2D eigenvalue weighted by atomic mass is 32.2. The van der Waals surface area contributed by atoms with Gasteiger partial charge in [-0.3, -0.25) is 9.78 Å². The molecular weight excluding hydrogens is 495 g/mol. The monoisotopic (exact) mass is 522 g/mol. The van der Waals surface area contributed by atoms with Crippen LogP contribution in [0.1, 0.15) is 21.6 Å². The molecule has 9 nitrogen and oxygen atoms in total. The molecule has 11 heteroatoms. The first-order valence-corrected chi connectivity index (χ1v) is 13.5. The summed E-state index contributed by atoms with van der Waals surface area (Å²) in [5.41, 5.74) is 3.12. The molecular formula is C26H27FN6O3S. The molecule has 2 aromatic heterocycles. The maximum Gasteiger partial charge on any atom is 0.270 e. The van der Waals surface area contributed by atoms with Crippen molar-refractivity contribution in [3.05, 3.63) is 89.6 Å². The quantitative estimate of drug-likeness (QED) is 0.401. The second-order valence-corrected chi connectivity index (χ2v) is 11.1. The van der Waals surface area contributed by atoms with Gasteiger partial charge in [-0.1, -0.05) is 24.3 Å². The van der Waals surface area contributed by atoms with Crippen LogP contribution in [0.4, 0.5) is 4.39 Å². The summed E-state index contributed by atoms with van der Waals surface area (Å²) in [7, 11) is -1.39. The van der Waals surface area contributed by atoms with Crippen molar-refractivity contribution in [2.45, 2.75) is 12.3 Å². The molecule has 5 rings (SSSR count). The van der Waals surface area contributed by atoms with E-state index in [1.165, 1.54) is 18.3 Å². The minimum Gasteiger partial charge on any atom is -0.347 e. The first-order valence-electron chi connectivity index (χ1n) is 11.9. The van der Waals surface area contributed by atoms with Crippen molar-refractivity contribution in [3.8, 4) is 5.69 Å². The van der Waals surface area contributed by atoms with Crippen molar-refractivity contribution in [3.63, 3.8) is 0 Å². The molecule has 1 saturated heterocycles. The molecule has 0 bridgehead atoms. The third-order valence-corrected chi connectivity index (χ3v) is 8.31. The summed E-state index contributed by atoms with van der Waals surface area (Å²) in [6.45, 7) is 2.73. The topological polar surface area (TPSA) is 100 Å². The van der Waals surface area contributed by atoms with Gasteiger partial charge in [-0.05, 0) is 48.5 Å². The van der Waals surface area contributed by atoms with Crippen molar-refractivity contribution in [1.82, 2.24) is 29.3 Å². The van der Waals surface area contributed by atoms with Crippen LogP contribution in [0.5, 0.6) is 0 Å². The molecule has 0 aliphatic carbocycles. The van der Waals surface area contributed by atoms with Gasteiger partial charge in [0.2, 0.25) is 10.0 Å². The molecule has 2 aromatic carbocycles. The Labute approximate surface area is 214 Å². The lowest BCUT2D eigenvalue weighted by Gasteiger charge is -2.31. The van der Waals surface area contributed by atoms with E-state index >= 15 is 0 Å². The summed E-state index contributed by atoms with van der Waals surface area (Å²) in [4.78, 5) is 19.3. The van der Waals surface area contributed by atoms with Crippen LogP contribution in [0.25, 0.3) is 16.6 Å². The Morgan fingerprint density at radius 3 is 2.35 bits per heavy atom. The molecule has 1 N–H and O–H groups in total. The SMILES string of the molecule is CN1CCN(S(=O)(=O)Cc2ccc(CNC(=O)c3nccc4c3cnn4-c3ccc(F)cc3)cc2)CC1. The number of halogens is 1. The van der Waals surface area contributed by atoms with Gasteiger partial charge in [-0.2, -0.15) is 9.40 Å².